The second-order valence-corrected chi connectivity index (χ2v) is 2.86. The van der Waals surface area contributed by atoms with Gasteiger partial charge in [0.25, 0.3) is 0 Å². The summed E-state index contributed by atoms with van der Waals surface area (Å²) in [6.45, 7) is 2.06. The van der Waals surface area contributed by atoms with Crippen molar-refractivity contribution in [3.8, 4) is 5.75 Å². The van der Waals surface area contributed by atoms with Crippen LogP contribution in [0.1, 0.15) is 17.3 Å². The van der Waals surface area contributed by atoms with Crippen LogP contribution in [0.2, 0.25) is 5.02 Å². The van der Waals surface area contributed by atoms with Gasteiger partial charge in [-0.25, -0.2) is 9.18 Å². The summed E-state index contributed by atoms with van der Waals surface area (Å²) in [7, 11) is 0. The van der Waals surface area contributed by atoms with Gasteiger partial charge in [-0.3, -0.25) is 0 Å². The fraction of sp³-hybridized carbons (Fsp3) is 0.222. The average molecular weight is 219 g/mol. The van der Waals surface area contributed by atoms with Crippen LogP contribution in [-0.2, 0) is 0 Å². The van der Waals surface area contributed by atoms with E-state index in [1.54, 1.807) is 6.92 Å². The standard InChI is InChI=1S/C9H8ClFO3/c1-2-14-6-4-3-5(9(12)13)8(11)7(6)10/h3-4H,2H2,1H3,(H,12,13). The van der Waals surface area contributed by atoms with Crippen LogP contribution in [0.3, 0.4) is 0 Å². The molecule has 1 N–H and O–H groups in total. The Hall–Kier alpha value is -1.29. The maximum Gasteiger partial charge on any atom is 0.338 e. The van der Waals surface area contributed by atoms with Crippen LogP contribution >= 0.6 is 11.6 Å². The Morgan fingerprint density at radius 3 is 2.79 bits per heavy atom. The fourth-order valence-corrected chi connectivity index (χ4v) is 1.18. The number of carboxylic acid groups (broad SMARTS) is 1. The van der Waals surface area contributed by atoms with Gasteiger partial charge >= 0.3 is 5.97 Å². The largest absolute Gasteiger partial charge is 0.492 e. The molecule has 0 saturated carbocycles. The molecule has 0 fully saturated rings. The van der Waals surface area contributed by atoms with E-state index in [0.717, 1.165) is 6.07 Å². The molecule has 5 heteroatoms. The van der Waals surface area contributed by atoms with Crippen molar-refractivity contribution in [2.45, 2.75) is 6.92 Å². The van der Waals surface area contributed by atoms with Gasteiger partial charge in [0.1, 0.15) is 10.8 Å². The van der Waals surface area contributed by atoms with Crippen LogP contribution in [-0.4, -0.2) is 17.7 Å². The summed E-state index contributed by atoms with van der Waals surface area (Å²) in [6.07, 6.45) is 0. The summed E-state index contributed by atoms with van der Waals surface area (Å²) >= 11 is 5.56. The van der Waals surface area contributed by atoms with Gasteiger partial charge in [0, 0.05) is 0 Å². The van der Waals surface area contributed by atoms with Gasteiger partial charge in [0.2, 0.25) is 0 Å². The average Bonchev–Trinajstić information content (AvgIpc) is 2.13. The van der Waals surface area contributed by atoms with Crippen LogP contribution in [0, 0.1) is 5.82 Å². The Morgan fingerprint density at radius 1 is 1.64 bits per heavy atom. The number of rotatable bonds is 3. The molecule has 0 aliphatic heterocycles. The first-order valence-corrected chi connectivity index (χ1v) is 4.29. The molecule has 0 atom stereocenters. The van der Waals surface area contributed by atoms with Crippen molar-refractivity contribution < 1.29 is 19.0 Å². The number of hydrogen-bond acceptors (Lipinski definition) is 2. The lowest BCUT2D eigenvalue weighted by molar-refractivity contribution is 0.0692. The van der Waals surface area contributed by atoms with E-state index in [4.69, 9.17) is 21.4 Å². The van der Waals surface area contributed by atoms with Gasteiger partial charge < -0.3 is 9.84 Å². The third-order valence-electron chi connectivity index (χ3n) is 1.58. The van der Waals surface area contributed by atoms with E-state index < -0.39 is 17.3 Å². The topological polar surface area (TPSA) is 46.5 Å². The van der Waals surface area contributed by atoms with E-state index in [2.05, 4.69) is 0 Å². The highest BCUT2D eigenvalue weighted by molar-refractivity contribution is 6.32. The molecule has 1 aromatic rings. The lowest BCUT2D eigenvalue weighted by Gasteiger charge is -2.07. The molecule has 0 aromatic heterocycles. The molecule has 0 radical (unpaired) electrons. The number of benzene rings is 1. The van der Waals surface area contributed by atoms with Crippen molar-refractivity contribution in [2.24, 2.45) is 0 Å². The van der Waals surface area contributed by atoms with Crippen LogP contribution in [0.5, 0.6) is 5.75 Å². The minimum Gasteiger partial charge on any atom is -0.492 e. The molecule has 14 heavy (non-hydrogen) atoms. The Labute approximate surface area is 85.1 Å². The number of hydrogen-bond donors (Lipinski definition) is 1. The SMILES string of the molecule is CCOc1ccc(C(=O)O)c(F)c1Cl. The molecule has 76 valence electrons. The molecule has 0 spiro atoms. The lowest BCUT2D eigenvalue weighted by Crippen LogP contribution is -2.02. The first-order chi connectivity index (χ1) is 6.57. The molecule has 0 unspecified atom stereocenters. The normalized spacial score (nSPS) is 9.93. The van der Waals surface area contributed by atoms with Crippen LogP contribution in [0.15, 0.2) is 12.1 Å². The van der Waals surface area contributed by atoms with Gasteiger partial charge in [-0.05, 0) is 19.1 Å². The molecule has 0 aliphatic carbocycles. The van der Waals surface area contributed by atoms with Crippen molar-refractivity contribution in [1.82, 2.24) is 0 Å². The summed E-state index contributed by atoms with van der Waals surface area (Å²) in [4.78, 5) is 10.5. The summed E-state index contributed by atoms with van der Waals surface area (Å²) in [5.41, 5.74) is -0.460. The third kappa shape index (κ3) is 1.96. The molecule has 0 aliphatic rings. The van der Waals surface area contributed by atoms with Crippen molar-refractivity contribution in [3.05, 3.63) is 28.5 Å². The summed E-state index contributed by atoms with van der Waals surface area (Å²) in [6, 6.07) is 2.45. The number of aromatic carboxylic acids is 1. The molecule has 0 amide bonds. The summed E-state index contributed by atoms with van der Waals surface area (Å²) in [5, 5.41) is 8.27. The van der Waals surface area contributed by atoms with Gasteiger partial charge in [-0.2, -0.15) is 0 Å². The molecule has 3 nitrogen and oxygen atoms in total. The predicted molar refractivity (Wildman–Crippen MR) is 49.5 cm³/mol. The van der Waals surface area contributed by atoms with Crippen LogP contribution in [0.4, 0.5) is 4.39 Å². The predicted octanol–water partition coefficient (Wildman–Crippen LogP) is 2.58. The zero-order chi connectivity index (χ0) is 10.7. The molecule has 1 aromatic carbocycles. The Kier molecular flexibility index (Phi) is 3.30. The number of halogens is 2. The van der Waals surface area contributed by atoms with E-state index >= 15 is 0 Å². The van der Waals surface area contributed by atoms with Gasteiger partial charge in [0.15, 0.2) is 5.82 Å². The first kappa shape index (κ1) is 10.8. The molecule has 0 bridgehead atoms. The van der Waals surface area contributed by atoms with Crippen LogP contribution in [0.25, 0.3) is 0 Å². The molecule has 0 saturated heterocycles. The molecule has 1 rings (SSSR count). The lowest BCUT2D eigenvalue weighted by atomic mass is 10.2. The van der Waals surface area contributed by atoms with Crippen molar-refractivity contribution in [2.75, 3.05) is 6.61 Å². The highest BCUT2D eigenvalue weighted by Gasteiger charge is 2.16. The maximum atomic E-state index is 13.2. The van der Waals surface area contributed by atoms with E-state index in [1.807, 2.05) is 0 Å². The quantitative estimate of drug-likeness (QED) is 0.848. The minimum absolute atomic E-state index is 0.150. The fourth-order valence-electron chi connectivity index (χ4n) is 0.964. The van der Waals surface area contributed by atoms with E-state index in [1.165, 1.54) is 6.07 Å². The summed E-state index contributed by atoms with van der Waals surface area (Å²) < 4.78 is 18.2. The van der Waals surface area contributed by atoms with Crippen molar-refractivity contribution >= 4 is 17.6 Å². The zero-order valence-corrected chi connectivity index (χ0v) is 8.14. The number of carboxylic acids is 1. The second-order valence-electron chi connectivity index (χ2n) is 2.48. The zero-order valence-electron chi connectivity index (χ0n) is 7.38. The third-order valence-corrected chi connectivity index (χ3v) is 1.93. The monoisotopic (exact) mass is 218 g/mol. The van der Waals surface area contributed by atoms with Gasteiger partial charge in [-0.1, -0.05) is 11.6 Å². The van der Waals surface area contributed by atoms with Crippen molar-refractivity contribution in [3.63, 3.8) is 0 Å². The Balaban J connectivity index is 3.19. The highest BCUT2D eigenvalue weighted by atomic mass is 35.5. The minimum atomic E-state index is -1.35. The Morgan fingerprint density at radius 2 is 2.29 bits per heavy atom. The molecular formula is C9H8ClFO3. The second kappa shape index (κ2) is 4.28. The highest BCUT2D eigenvalue weighted by Crippen LogP contribution is 2.29. The van der Waals surface area contributed by atoms with E-state index in [0.29, 0.717) is 6.61 Å². The number of ether oxygens (including phenoxy) is 1. The van der Waals surface area contributed by atoms with Crippen molar-refractivity contribution in [1.29, 1.82) is 0 Å². The first-order valence-electron chi connectivity index (χ1n) is 3.92. The van der Waals surface area contributed by atoms with E-state index in [-0.39, 0.29) is 10.8 Å². The smallest absolute Gasteiger partial charge is 0.338 e. The van der Waals surface area contributed by atoms with Crippen LogP contribution < -0.4 is 4.74 Å². The molecule has 0 heterocycles. The molecular weight excluding hydrogens is 211 g/mol. The summed E-state index contributed by atoms with van der Waals surface area (Å²) in [5.74, 6) is -2.17. The maximum absolute atomic E-state index is 13.2. The number of carbonyl (C=O) groups is 1. The Bertz CT molecular complexity index is 365. The van der Waals surface area contributed by atoms with Gasteiger partial charge in [0.05, 0.1) is 12.2 Å². The van der Waals surface area contributed by atoms with Gasteiger partial charge in [-0.15, -0.1) is 0 Å². The van der Waals surface area contributed by atoms with E-state index in [9.17, 15) is 9.18 Å².